The van der Waals surface area contributed by atoms with Gasteiger partial charge in [-0.3, -0.25) is 9.69 Å². The van der Waals surface area contributed by atoms with Gasteiger partial charge in [-0.15, -0.1) is 6.58 Å². The fourth-order valence-corrected chi connectivity index (χ4v) is 2.73. The number of amides is 2. The summed E-state index contributed by atoms with van der Waals surface area (Å²) < 4.78 is 4.96. The number of rotatable bonds is 4. The average Bonchev–Trinajstić information content (AvgIpc) is 2.79. The van der Waals surface area contributed by atoms with Crippen molar-refractivity contribution < 1.29 is 14.3 Å². The molecule has 0 radical (unpaired) electrons. The Kier molecular flexibility index (Phi) is 5.21. The van der Waals surface area contributed by atoms with Crippen LogP contribution in [0.2, 0.25) is 0 Å². The molecule has 5 heteroatoms. The maximum Gasteiger partial charge on any atom is 0.417 e. The summed E-state index contributed by atoms with van der Waals surface area (Å²) in [6.45, 7) is 10.3. The van der Waals surface area contributed by atoms with E-state index in [1.54, 1.807) is 30.3 Å². The lowest BCUT2D eigenvalue weighted by atomic mass is 10.0. The molecule has 0 aromatic carbocycles. The zero-order chi connectivity index (χ0) is 17.0. The Balaban J connectivity index is 2.36. The fraction of sp³-hybridized carbons (Fsp3) is 0.333. The smallest absolute Gasteiger partial charge is 0.417 e. The molecule has 23 heavy (non-hydrogen) atoms. The van der Waals surface area contributed by atoms with Crippen LogP contribution in [0.4, 0.5) is 4.79 Å². The van der Waals surface area contributed by atoms with Gasteiger partial charge in [0.1, 0.15) is 0 Å². The average molecular weight is 314 g/mol. The third-order valence-corrected chi connectivity index (χ3v) is 3.83. The van der Waals surface area contributed by atoms with Crippen LogP contribution in [0.15, 0.2) is 59.6 Å². The second kappa shape index (κ2) is 7.13. The molecule has 5 nitrogen and oxygen atoms in total. The first kappa shape index (κ1) is 16.8. The first-order chi connectivity index (χ1) is 11.0. The Morgan fingerprint density at radius 2 is 1.96 bits per heavy atom. The zero-order valence-electron chi connectivity index (χ0n) is 13.8. The number of hydrogen-bond acceptors (Lipinski definition) is 3. The van der Waals surface area contributed by atoms with Crippen molar-refractivity contribution in [3.8, 4) is 0 Å². The molecule has 0 saturated heterocycles. The zero-order valence-corrected chi connectivity index (χ0v) is 13.8. The number of nitrogens with zero attached hydrogens (tertiary/aromatic N) is 2. The minimum atomic E-state index is -0.418. The van der Waals surface area contributed by atoms with Gasteiger partial charge < -0.3 is 9.64 Å². The van der Waals surface area contributed by atoms with Crippen LogP contribution in [-0.4, -0.2) is 35.0 Å². The fourth-order valence-electron chi connectivity index (χ4n) is 2.73. The summed E-state index contributed by atoms with van der Waals surface area (Å²) in [6.07, 6.45) is 8.83. The Labute approximate surface area is 136 Å². The lowest BCUT2D eigenvalue weighted by Crippen LogP contribution is -2.27. The van der Waals surface area contributed by atoms with Crippen molar-refractivity contribution in [1.29, 1.82) is 0 Å². The molecule has 2 aliphatic heterocycles. The number of allylic oxidation sites excluding steroid dienone is 5. The largest absolute Gasteiger partial charge is 0.449 e. The second-order valence-corrected chi connectivity index (χ2v) is 5.19. The van der Waals surface area contributed by atoms with Gasteiger partial charge in [0.15, 0.2) is 0 Å². The van der Waals surface area contributed by atoms with E-state index in [0.29, 0.717) is 19.6 Å². The number of carbonyl (C=O) groups is 2. The third-order valence-electron chi connectivity index (χ3n) is 3.83. The monoisotopic (exact) mass is 314 g/mol. The van der Waals surface area contributed by atoms with E-state index in [1.165, 1.54) is 4.90 Å². The molecule has 0 aliphatic carbocycles. The summed E-state index contributed by atoms with van der Waals surface area (Å²) in [7, 11) is 0. The van der Waals surface area contributed by atoms with Gasteiger partial charge in [-0.1, -0.05) is 6.08 Å². The molecule has 0 spiro atoms. The van der Waals surface area contributed by atoms with E-state index in [2.05, 4.69) is 6.58 Å². The minimum Gasteiger partial charge on any atom is -0.449 e. The van der Waals surface area contributed by atoms with Crippen LogP contribution in [0.3, 0.4) is 0 Å². The van der Waals surface area contributed by atoms with E-state index in [4.69, 9.17) is 4.74 Å². The van der Waals surface area contributed by atoms with Gasteiger partial charge in [-0.05, 0) is 44.9 Å². The molecular weight excluding hydrogens is 292 g/mol. The lowest BCUT2D eigenvalue weighted by Gasteiger charge is -2.22. The molecule has 0 aromatic heterocycles. The van der Waals surface area contributed by atoms with Crippen LogP contribution < -0.4 is 0 Å². The number of hydrogen-bond donors (Lipinski definition) is 0. The van der Waals surface area contributed by atoms with E-state index in [-0.39, 0.29) is 5.91 Å². The van der Waals surface area contributed by atoms with E-state index < -0.39 is 6.09 Å². The quantitative estimate of drug-likeness (QED) is 0.746. The highest BCUT2D eigenvalue weighted by Crippen LogP contribution is 2.34. The highest BCUT2D eigenvalue weighted by molar-refractivity contribution is 6.00. The highest BCUT2D eigenvalue weighted by Gasteiger charge is 2.32. The van der Waals surface area contributed by atoms with E-state index in [1.807, 2.05) is 26.0 Å². The minimum absolute atomic E-state index is 0.0297. The predicted molar refractivity (Wildman–Crippen MR) is 89.1 cm³/mol. The van der Waals surface area contributed by atoms with Crippen molar-refractivity contribution in [2.45, 2.75) is 27.2 Å². The maximum atomic E-state index is 12.5. The van der Waals surface area contributed by atoms with Gasteiger partial charge in [-0.2, -0.15) is 0 Å². The van der Waals surface area contributed by atoms with E-state index in [9.17, 15) is 9.59 Å². The van der Waals surface area contributed by atoms with Crippen LogP contribution in [0.1, 0.15) is 27.2 Å². The molecule has 0 fully saturated rings. The van der Waals surface area contributed by atoms with Crippen molar-refractivity contribution in [3.05, 3.63) is 59.6 Å². The molecule has 0 atom stereocenters. The summed E-state index contributed by atoms with van der Waals surface area (Å²) in [6, 6.07) is 0. The molecule has 2 heterocycles. The van der Waals surface area contributed by atoms with Crippen LogP contribution in [0.5, 0.6) is 0 Å². The Hall–Kier alpha value is -2.56. The van der Waals surface area contributed by atoms with Gasteiger partial charge in [-0.25, -0.2) is 4.79 Å². The lowest BCUT2D eigenvalue weighted by molar-refractivity contribution is -0.124. The Bertz CT molecular complexity index is 637. The number of carbonyl (C=O) groups excluding carboxylic acids is 2. The van der Waals surface area contributed by atoms with Gasteiger partial charge in [0.05, 0.1) is 12.3 Å². The van der Waals surface area contributed by atoms with Crippen LogP contribution >= 0.6 is 0 Å². The van der Waals surface area contributed by atoms with Crippen molar-refractivity contribution in [3.63, 3.8) is 0 Å². The van der Waals surface area contributed by atoms with E-state index >= 15 is 0 Å². The summed E-state index contributed by atoms with van der Waals surface area (Å²) in [5, 5.41) is 0. The molecule has 0 unspecified atom stereocenters. The molecule has 122 valence electrons. The summed E-state index contributed by atoms with van der Waals surface area (Å²) in [5.74, 6) is 0.0297. The Morgan fingerprint density at radius 3 is 2.48 bits per heavy atom. The van der Waals surface area contributed by atoms with Crippen molar-refractivity contribution in [1.82, 2.24) is 9.80 Å². The topological polar surface area (TPSA) is 49.9 Å². The number of likely N-dealkylation sites (N-methyl/N-ethyl adjacent to an activating group) is 1. The summed E-state index contributed by atoms with van der Waals surface area (Å²) in [5.41, 5.74) is 3.53. The van der Waals surface area contributed by atoms with Gasteiger partial charge in [0.2, 0.25) is 0 Å². The van der Waals surface area contributed by atoms with Crippen LogP contribution in [0, 0.1) is 0 Å². The van der Waals surface area contributed by atoms with Gasteiger partial charge >= 0.3 is 6.09 Å². The van der Waals surface area contributed by atoms with Gasteiger partial charge in [0, 0.05) is 30.1 Å². The molecule has 0 aromatic rings. The first-order valence-corrected chi connectivity index (χ1v) is 7.73. The number of ether oxygens (including phenoxy) is 1. The standard InChI is InChI=1S/C18H22N2O3/c1-5-8-15-13(4)16(20(6-2)17(15)21)14-9-11-19(12-10-14)18(22)23-7-3/h5,9-12H,1,6-8H2,2-4H3. The normalized spacial score (nSPS) is 17.4. The predicted octanol–water partition coefficient (Wildman–Crippen LogP) is 3.49. The first-order valence-electron chi connectivity index (χ1n) is 7.73. The second-order valence-electron chi connectivity index (χ2n) is 5.19. The molecule has 2 aliphatic rings. The SMILES string of the molecule is C=CCC1=C(C)C(=C2C=CN(C(=O)OCC)C=C2)N(CC)C1=O. The van der Waals surface area contributed by atoms with Gasteiger partial charge in [0.25, 0.3) is 5.91 Å². The highest BCUT2D eigenvalue weighted by atomic mass is 16.5. The summed E-state index contributed by atoms with van der Waals surface area (Å²) in [4.78, 5) is 27.3. The third kappa shape index (κ3) is 3.13. The van der Waals surface area contributed by atoms with Crippen molar-refractivity contribution in [2.75, 3.05) is 13.2 Å². The Morgan fingerprint density at radius 1 is 1.30 bits per heavy atom. The van der Waals surface area contributed by atoms with Crippen molar-refractivity contribution in [2.24, 2.45) is 0 Å². The molecule has 0 bridgehead atoms. The molecule has 0 saturated carbocycles. The molecule has 2 rings (SSSR count). The summed E-state index contributed by atoms with van der Waals surface area (Å²) >= 11 is 0. The molecule has 0 N–H and O–H groups in total. The van der Waals surface area contributed by atoms with Crippen LogP contribution in [-0.2, 0) is 9.53 Å². The van der Waals surface area contributed by atoms with Crippen molar-refractivity contribution >= 4 is 12.0 Å². The maximum absolute atomic E-state index is 12.5. The van der Waals surface area contributed by atoms with Crippen LogP contribution in [0.25, 0.3) is 0 Å². The molecule has 2 amide bonds. The molecular formula is C18H22N2O3. The van der Waals surface area contributed by atoms with E-state index in [0.717, 1.165) is 22.4 Å².